The number of imide groups is 1. The average Bonchev–Trinajstić information content (AvgIpc) is 3.17. The Bertz CT molecular complexity index is 1070. The summed E-state index contributed by atoms with van der Waals surface area (Å²) >= 11 is 0. The molecule has 2 aliphatic rings. The van der Waals surface area contributed by atoms with Crippen molar-refractivity contribution in [2.24, 2.45) is 0 Å². The molecule has 0 spiro atoms. The standard InChI is InChI=1S/C21H25N5O5/c1-13(2)25-5-3-15-16(25)11-14(12-17(15)26-6-4-18(27)22-20(26)29)19(28)23-7-9-24(10-8-23)21(30)31/h3,5,11-13H,4,6-10H2,1-2H3,(H,30,31)(H,22,27,29). The molecule has 1 aromatic carbocycles. The highest BCUT2D eigenvalue weighted by Crippen LogP contribution is 2.33. The van der Waals surface area contributed by atoms with Gasteiger partial charge in [-0.25, -0.2) is 9.59 Å². The van der Waals surface area contributed by atoms with Crippen LogP contribution in [-0.4, -0.2) is 76.1 Å². The SMILES string of the molecule is CC(C)n1ccc2c(N3CCC(=O)NC3=O)cc(C(=O)N3CCN(C(=O)O)CC3)cc21. The fourth-order valence-corrected chi connectivity index (χ4v) is 4.12. The fraction of sp³-hybridized carbons (Fsp3) is 0.429. The first-order chi connectivity index (χ1) is 14.8. The summed E-state index contributed by atoms with van der Waals surface area (Å²) in [5.74, 6) is -0.529. The third-order valence-corrected chi connectivity index (χ3v) is 5.80. The molecule has 2 saturated heterocycles. The van der Waals surface area contributed by atoms with E-state index in [0.29, 0.717) is 24.3 Å². The molecule has 0 saturated carbocycles. The summed E-state index contributed by atoms with van der Waals surface area (Å²) in [5.41, 5.74) is 1.83. The van der Waals surface area contributed by atoms with Gasteiger partial charge in [0.15, 0.2) is 0 Å². The van der Waals surface area contributed by atoms with Gasteiger partial charge in [0.2, 0.25) is 5.91 Å². The van der Waals surface area contributed by atoms with Crippen LogP contribution in [0.1, 0.15) is 36.7 Å². The molecule has 0 atom stereocenters. The number of aromatic nitrogens is 1. The van der Waals surface area contributed by atoms with E-state index in [0.717, 1.165) is 10.9 Å². The maximum Gasteiger partial charge on any atom is 0.407 e. The van der Waals surface area contributed by atoms with E-state index in [-0.39, 0.29) is 43.9 Å². The molecule has 2 aliphatic heterocycles. The molecule has 0 unspecified atom stereocenters. The lowest BCUT2D eigenvalue weighted by Gasteiger charge is -2.33. The topological polar surface area (TPSA) is 115 Å². The Morgan fingerprint density at radius 1 is 1.03 bits per heavy atom. The number of carbonyl (C=O) groups is 4. The van der Waals surface area contributed by atoms with E-state index in [4.69, 9.17) is 5.11 Å². The average molecular weight is 427 g/mol. The minimum atomic E-state index is -0.990. The van der Waals surface area contributed by atoms with Crippen LogP contribution in [0.5, 0.6) is 0 Å². The van der Waals surface area contributed by atoms with Gasteiger partial charge in [0, 0.05) is 62.3 Å². The summed E-state index contributed by atoms with van der Waals surface area (Å²) in [5, 5.41) is 12.3. The van der Waals surface area contributed by atoms with Crippen molar-refractivity contribution in [2.75, 3.05) is 37.6 Å². The normalized spacial score (nSPS) is 17.5. The lowest BCUT2D eigenvalue weighted by molar-refractivity contribution is -0.120. The number of rotatable bonds is 3. The monoisotopic (exact) mass is 427 g/mol. The van der Waals surface area contributed by atoms with Crippen molar-refractivity contribution in [1.29, 1.82) is 0 Å². The van der Waals surface area contributed by atoms with E-state index in [1.165, 1.54) is 9.80 Å². The van der Waals surface area contributed by atoms with Gasteiger partial charge in [0.25, 0.3) is 5.91 Å². The Balaban J connectivity index is 1.73. The molecule has 0 bridgehead atoms. The van der Waals surface area contributed by atoms with E-state index in [9.17, 15) is 19.2 Å². The van der Waals surface area contributed by atoms with Crippen molar-refractivity contribution in [3.63, 3.8) is 0 Å². The number of carbonyl (C=O) groups excluding carboxylic acids is 3. The second-order valence-electron chi connectivity index (χ2n) is 8.06. The zero-order chi connectivity index (χ0) is 22.3. The fourth-order valence-electron chi connectivity index (χ4n) is 4.12. The van der Waals surface area contributed by atoms with Gasteiger partial charge in [-0.1, -0.05) is 0 Å². The molecule has 2 N–H and O–H groups in total. The number of hydrogen-bond donors (Lipinski definition) is 2. The predicted octanol–water partition coefficient (Wildman–Crippen LogP) is 2.10. The summed E-state index contributed by atoms with van der Waals surface area (Å²) in [7, 11) is 0. The van der Waals surface area contributed by atoms with E-state index in [1.54, 1.807) is 11.0 Å². The highest BCUT2D eigenvalue weighted by atomic mass is 16.4. The minimum absolute atomic E-state index is 0.145. The number of benzene rings is 1. The maximum atomic E-state index is 13.3. The first-order valence-corrected chi connectivity index (χ1v) is 10.3. The quantitative estimate of drug-likeness (QED) is 0.778. The van der Waals surface area contributed by atoms with Crippen LogP contribution in [0.25, 0.3) is 10.9 Å². The second-order valence-corrected chi connectivity index (χ2v) is 8.06. The number of anilines is 1. The van der Waals surface area contributed by atoms with Crippen molar-refractivity contribution in [3.05, 3.63) is 30.0 Å². The molecule has 2 fully saturated rings. The van der Waals surface area contributed by atoms with Crippen molar-refractivity contribution in [2.45, 2.75) is 26.3 Å². The molecule has 10 heteroatoms. The Hall–Kier alpha value is -3.56. The molecule has 31 heavy (non-hydrogen) atoms. The number of nitrogens with zero attached hydrogens (tertiary/aromatic N) is 4. The summed E-state index contributed by atoms with van der Waals surface area (Å²) in [6, 6.07) is 5.06. The Morgan fingerprint density at radius 3 is 2.32 bits per heavy atom. The van der Waals surface area contributed by atoms with Crippen LogP contribution >= 0.6 is 0 Å². The van der Waals surface area contributed by atoms with Crippen LogP contribution in [-0.2, 0) is 4.79 Å². The van der Waals surface area contributed by atoms with E-state index >= 15 is 0 Å². The predicted molar refractivity (Wildman–Crippen MR) is 113 cm³/mol. The van der Waals surface area contributed by atoms with Crippen molar-refractivity contribution >= 4 is 40.5 Å². The number of piperazine rings is 1. The molecule has 2 aromatic rings. The molecule has 1 aromatic heterocycles. The largest absolute Gasteiger partial charge is 0.465 e. The molecule has 164 valence electrons. The van der Waals surface area contributed by atoms with Gasteiger partial charge in [0.1, 0.15) is 0 Å². The summed E-state index contributed by atoms with van der Waals surface area (Å²) < 4.78 is 2.03. The minimum Gasteiger partial charge on any atom is -0.465 e. The van der Waals surface area contributed by atoms with Gasteiger partial charge < -0.3 is 19.5 Å². The van der Waals surface area contributed by atoms with Gasteiger partial charge in [-0.15, -0.1) is 0 Å². The molecule has 5 amide bonds. The number of nitrogens with one attached hydrogen (secondary N) is 1. The maximum absolute atomic E-state index is 13.3. The summed E-state index contributed by atoms with van der Waals surface area (Å²) in [6.07, 6.45) is 1.12. The van der Waals surface area contributed by atoms with Gasteiger partial charge >= 0.3 is 12.1 Å². The van der Waals surface area contributed by atoms with Gasteiger partial charge in [-0.3, -0.25) is 19.8 Å². The third-order valence-electron chi connectivity index (χ3n) is 5.80. The smallest absolute Gasteiger partial charge is 0.407 e. The second kappa shape index (κ2) is 7.93. The van der Waals surface area contributed by atoms with Crippen LogP contribution in [0.2, 0.25) is 0 Å². The van der Waals surface area contributed by atoms with Crippen LogP contribution in [0, 0.1) is 0 Å². The van der Waals surface area contributed by atoms with Gasteiger partial charge in [-0.2, -0.15) is 0 Å². The third kappa shape index (κ3) is 3.80. The lowest BCUT2D eigenvalue weighted by Crippen LogP contribution is -2.50. The molecule has 3 heterocycles. The van der Waals surface area contributed by atoms with Crippen molar-refractivity contribution in [3.8, 4) is 0 Å². The number of fused-ring (bicyclic) bond motifs is 1. The number of hydrogen-bond acceptors (Lipinski definition) is 4. The Morgan fingerprint density at radius 2 is 1.71 bits per heavy atom. The highest BCUT2D eigenvalue weighted by molar-refractivity contribution is 6.11. The number of carboxylic acid groups (broad SMARTS) is 1. The number of amides is 5. The van der Waals surface area contributed by atoms with E-state index < -0.39 is 12.1 Å². The lowest BCUT2D eigenvalue weighted by atomic mass is 10.1. The van der Waals surface area contributed by atoms with Gasteiger partial charge in [-0.05, 0) is 32.0 Å². The van der Waals surface area contributed by atoms with E-state index in [1.807, 2.05) is 36.7 Å². The Labute approximate surface area is 179 Å². The van der Waals surface area contributed by atoms with E-state index in [2.05, 4.69) is 5.32 Å². The first kappa shape index (κ1) is 20.7. The summed E-state index contributed by atoms with van der Waals surface area (Å²) in [4.78, 5) is 52.9. The molecule has 0 aliphatic carbocycles. The van der Waals surface area contributed by atoms with Crippen molar-refractivity contribution < 1.29 is 24.3 Å². The zero-order valence-corrected chi connectivity index (χ0v) is 17.5. The molecular formula is C21H25N5O5. The Kier molecular flexibility index (Phi) is 5.30. The van der Waals surface area contributed by atoms with Crippen LogP contribution in [0.15, 0.2) is 24.4 Å². The number of urea groups is 1. The molecule has 10 nitrogen and oxygen atoms in total. The summed E-state index contributed by atoms with van der Waals surface area (Å²) in [6.45, 7) is 5.44. The molecule has 4 rings (SSSR count). The highest BCUT2D eigenvalue weighted by Gasteiger charge is 2.29. The van der Waals surface area contributed by atoms with Crippen LogP contribution < -0.4 is 10.2 Å². The van der Waals surface area contributed by atoms with Crippen molar-refractivity contribution in [1.82, 2.24) is 19.7 Å². The van der Waals surface area contributed by atoms with Gasteiger partial charge in [0.05, 0.1) is 11.2 Å². The zero-order valence-electron chi connectivity index (χ0n) is 17.5. The molecular weight excluding hydrogens is 402 g/mol. The van der Waals surface area contributed by atoms with Crippen LogP contribution in [0.3, 0.4) is 0 Å². The first-order valence-electron chi connectivity index (χ1n) is 10.3. The van der Waals surface area contributed by atoms with Crippen LogP contribution in [0.4, 0.5) is 15.3 Å². The molecule has 0 radical (unpaired) electrons.